The first-order valence-corrected chi connectivity index (χ1v) is 5.75. The lowest BCUT2D eigenvalue weighted by Crippen LogP contribution is -2.22. The molecular formula is C11H10F4N4. The number of hydrogen-bond donors (Lipinski definition) is 0. The van der Waals surface area contributed by atoms with Gasteiger partial charge in [-0.25, -0.2) is 14.4 Å². The molecule has 0 N–H and O–H groups in total. The molecular weight excluding hydrogens is 264 g/mol. The minimum absolute atomic E-state index is 0.101. The highest BCUT2D eigenvalue weighted by Crippen LogP contribution is 2.31. The van der Waals surface area contributed by atoms with Crippen molar-refractivity contribution in [2.75, 3.05) is 18.0 Å². The first kappa shape index (κ1) is 12.2. The first-order chi connectivity index (χ1) is 8.95. The van der Waals surface area contributed by atoms with Gasteiger partial charge in [-0.2, -0.15) is 13.2 Å². The summed E-state index contributed by atoms with van der Waals surface area (Å²) in [6, 6.07) is 0. The molecule has 0 saturated carbocycles. The van der Waals surface area contributed by atoms with Crippen LogP contribution in [-0.4, -0.2) is 33.6 Å². The Balaban J connectivity index is 2.08. The zero-order chi connectivity index (χ0) is 13.6. The van der Waals surface area contributed by atoms with Crippen LogP contribution in [0, 0.1) is 0 Å². The zero-order valence-corrected chi connectivity index (χ0v) is 9.73. The van der Waals surface area contributed by atoms with Gasteiger partial charge in [0.2, 0.25) is 0 Å². The van der Waals surface area contributed by atoms with Gasteiger partial charge in [0.1, 0.15) is 6.17 Å². The van der Waals surface area contributed by atoms with Gasteiger partial charge >= 0.3 is 6.18 Å². The monoisotopic (exact) mass is 274 g/mol. The van der Waals surface area contributed by atoms with Crippen LogP contribution in [0.25, 0.3) is 5.65 Å². The number of hydrogen-bond acceptors (Lipinski definition) is 3. The van der Waals surface area contributed by atoms with Crippen LogP contribution >= 0.6 is 0 Å². The van der Waals surface area contributed by atoms with Crippen LogP contribution in [0.4, 0.5) is 23.4 Å². The van der Waals surface area contributed by atoms with Crippen molar-refractivity contribution in [1.82, 2.24) is 14.4 Å². The van der Waals surface area contributed by atoms with Gasteiger partial charge < -0.3 is 9.30 Å². The van der Waals surface area contributed by atoms with Crippen LogP contribution in [0.15, 0.2) is 18.6 Å². The molecule has 1 aliphatic heterocycles. The molecule has 8 heteroatoms. The van der Waals surface area contributed by atoms with Crippen molar-refractivity contribution in [2.24, 2.45) is 0 Å². The molecule has 1 saturated heterocycles. The van der Waals surface area contributed by atoms with Gasteiger partial charge in [0, 0.05) is 25.1 Å². The van der Waals surface area contributed by atoms with Gasteiger partial charge in [0.05, 0.1) is 6.54 Å². The molecule has 4 nitrogen and oxygen atoms in total. The molecule has 0 spiro atoms. The van der Waals surface area contributed by atoms with E-state index in [2.05, 4.69) is 9.97 Å². The average molecular weight is 274 g/mol. The van der Waals surface area contributed by atoms with Crippen molar-refractivity contribution < 1.29 is 17.6 Å². The lowest BCUT2D eigenvalue weighted by atomic mass is 10.3. The molecule has 19 heavy (non-hydrogen) atoms. The summed E-state index contributed by atoms with van der Waals surface area (Å²) in [7, 11) is 0. The maximum atomic E-state index is 13.2. The number of fused-ring (bicyclic) bond motifs is 1. The predicted molar refractivity (Wildman–Crippen MR) is 59.7 cm³/mol. The topological polar surface area (TPSA) is 33.4 Å². The summed E-state index contributed by atoms with van der Waals surface area (Å²) in [6.07, 6.45) is -1.44. The van der Waals surface area contributed by atoms with Gasteiger partial charge in [-0.1, -0.05) is 0 Å². The number of halogens is 4. The average Bonchev–Trinajstić information content (AvgIpc) is 2.93. The summed E-state index contributed by atoms with van der Waals surface area (Å²) in [6.45, 7) is 0.572. The fraction of sp³-hybridized carbons (Fsp3) is 0.455. The predicted octanol–water partition coefficient (Wildman–Crippen LogP) is 2.30. The highest BCUT2D eigenvalue weighted by molar-refractivity contribution is 5.65. The standard InChI is InChI=1S/C11H10F4N4/c12-7-1-3-18(5-7)9-10-17-8(11(13,14)15)6-19(10)4-2-16-9/h2,4,6-7H,1,3,5H2. The molecule has 1 unspecified atom stereocenters. The van der Waals surface area contributed by atoms with E-state index in [1.165, 1.54) is 16.8 Å². The summed E-state index contributed by atoms with van der Waals surface area (Å²) in [4.78, 5) is 9.21. The normalized spacial score (nSPS) is 20.4. The SMILES string of the molecule is FC1CCN(c2nccn3cc(C(F)(F)F)nc23)C1. The van der Waals surface area contributed by atoms with Crippen LogP contribution in [0.1, 0.15) is 12.1 Å². The third-order valence-corrected chi connectivity index (χ3v) is 3.08. The third kappa shape index (κ3) is 2.11. The van der Waals surface area contributed by atoms with E-state index in [4.69, 9.17) is 0 Å². The van der Waals surface area contributed by atoms with E-state index in [1.807, 2.05) is 0 Å². The van der Waals surface area contributed by atoms with Crippen molar-refractivity contribution in [1.29, 1.82) is 0 Å². The number of imidazole rings is 1. The van der Waals surface area contributed by atoms with Gasteiger partial charge in [-0.05, 0) is 6.42 Å². The number of anilines is 1. The van der Waals surface area contributed by atoms with Crippen molar-refractivity contribution in [2.45, 2.75) is 18.8 Å². The van der Waals surface area contributed by atoms with Crippen molar-refractivity contribution in [3.63, 3.8) is 0 Å². The van der Waals surface area contributed by atoms with Crippen LogP contribution in [-0.2, 0) is 6.18 Å². The largest absolute Gasteiger partial charge is 0.434 e. The second-order valence-corrected chi connectivity index (χ2v) is 4.44. The smallest absolute Gasteiger partial charge is 0.351 e. The summed E-state index contributed by atoms with van der Waals surface area (Å²) < 4.78 is 52.3. The van der Waals surface area contributed by atoms with Crippen LogP contribution in [0.2, 0.25) is 0 Å². The Morgan fingerprint density at radius 3 is 2.74 bits per heavy atom. The molecule has 0 bridgehead atoms. The van der Waals surface area contributed by atoms with Crippen LogP contribution in [0.3, 0.4) is 0 Å². The Labute approximate surface area is 105 Å². The minimum Gasteiger partial charge on any atom is -0.351 e. The molecule has 0 amide bonds. The molecule has 0 aliphatic carbocycles. The zero-order valence-electron chi connectivity index (χ0n) is 9.73. The van der Waals surface area contributed by atoms with Gasteiger partial charge in [0.15, 0.2) is 17.2 Å². The molecule has 2 aromatic heterocycles. The molecule has 0 radical (unpaired) electrons. The highest BCUT2D eigenvalue weighted by atomic mass is 19.4. The van der Waals surface area contributed by atoms with Crippen molar-refractivity contribution in [3.05, 3.63) is 24.3 Å². The van der Waals surface area contributed by atoms with E-state index in [0.717, 1.165) is 6.20 Å². The first-order valence-electron chi connectivity index (χ1n) is 5.75. The maximum Gasteiger partial charge on any atom is 0.434 e. The van der Waals surface area contributed by atoms with Crippen LogP contribution < -0.4 is 4.90 Å². The molecule has 1 aliphatic rings. The molecule has 0 aromatic carbocycles. The maximum absolute atomic E-state index is 13.2. The summed E-state index contributed by atoms with van der Waals surface area (Å²) in [5, 5.41) is 0. The number of nitrogens with zero attached hydrogens (tertiary/aromatic N) is 4. The Morgan fingerprint density at radius 2 is 2.11 bits per heavy atom. The van der Waals surface area contributed by atoms with E-state index in [9.17, 15) is 17.6 Å². The number of rotatable bonds is 1. The molecule has 102 valence electrons. The quantitative estimate of drug-likeness (QED) is 0.748. The second-order valence-electron chi connectivity index (χ2n) is 4.44. The summed E-state index contributed by atoms with van der Waals surface area (Å²) in [5.74, 6) is 0.290. The van der Waals surface area contributed by atoms with E-state index in [0.29, 0.717) is 13.0 Å². The molecule has 3 heterocycles. The van der Waals surface area contributed by atoms with E-state index in [-0.39, 0.29) is 18.0 Å². The summed E-state index contributed by atoms with van der Waals surface area (Å²) >= 11 is 0. The Hall–Kier alpha value is -1.86. The Kier molecular flexibility index (Phi) is 2.61. The fourth-order valence-corrected chi connectivity index (χ4v) is 2.18. The van der Waals surface area contributed by atoms with Gasteiger partial charge in [0.25, 0.3) is 0 Å². The lowest BCUT2D eigenvalue weighted by Gasteiger charge is -2.16. The highest BCUT2D eigenvalue weighted by Gasteiger charge is 2.35. The number of alkyl halides is 4. The van der Waals surface area contributed by atoms with Crippen molar-refractivity contribution in [3.8, 4) is 0 Å². The molecule has 3 rings (SSSR count). The van der Waals surface area contributed by atoms with E-state index in [1.54, 1.807) is 4.90 Å². The van der Waals surface area contributed by atoms with Crippen LogP contribution in [0.5, 0.6) is 0 Å². The summed E-state index contributed by atoms with van der Waals surface area (Å²) in [5.41, 5.74) is -0.873. The van der Waals surface area contributed by atoms with E-state index < -0.39 is 18.0 Å². The Bertz CT molecular complexity index is 606. The minimum atomic E-state index is -4.50. The second kappa shape index (κ2) is 4.07. The van der Waals surface area contributed by atoms with E-state index >= 15 is 0 Å². The number of aromatic nitrogens is 3. The third-order valence-electron chi connectivity index (χ3n) is 3.08. The fourth-order valence-electron chi connectivity index (χ4n) is 2.18. The van der Waals surface area contributed by atoms with Gasteiger partial charge in [-0.3, -0.25) is 0 Å². The molecule has 1 atom stereocenters. The van der Waals surface area contributed by atoms with Gasteiger partial charge in [-0.15, -0.1) is 0 Å². The molecule has 2 aromatic rings. The molecule has 1 fully saturated rings. The van der Waals surface area contributed by atoms with Crippen molar-refractivity contribution >= 4 is 11.5 Å². The lowest BCUT2D eigenvalue weighted by molar-refractivity contribution is -0.140. The Morgan fingerprint density at radius 1 is 1.32 bits per heavy atom.